The Hall–Kier alpha value is -2.22. The normalized spacial score (nSPS) is 14.9. The smallest absolute Gasteiger partial charge is 0.462 e. The number of allylic oxidation sites excluding steroid dienone is 9. The summed E-state index contributed by atoms with van der Waals surface area (Å²) in [5.41, 5.74) is 0. The number of aliphatic hydroxyl groups is 2. The van der Waals surface area contributed by atoms with E-state index in [9.17, 15) is 33.8 Å². The third-order valence-electron chi connectivity index (χ3n) is 10.4. The number of aliphatic hydroxyl groups excluding tert-OH is 2. The quantitative estimate of drug-likeness (QED) is 0.0126. The van der Waals surface area contributed by atoms with Crippen LogP contribution < -0.4 is 0 Å². The standard InChI is InChI=1S/C50H90O14P2/c1-4-5-6-7-8-9-10-17-21-24-27-30-33-37-46(51)38-35-40-49(53)60-43-48(44-63-66(58,59)62-42-47(52)41-61-65(55,56)57)64-50(54)39-34-31-28-25-22-19-16-14-12-11-13-15-18-20-23-26-29-32-36-45(2)3/h5-6,8-9,17,21,27,30,33,37,45-48,51-52H,4,7,10-16,18-20,22-26,28-29,31-32,34-36,38-44H2,1-3H3,(H,58,59)(H2,55,56,57)/b6-5-,9-8-,21-17-,30-27-,37-33+/t46?,47-,48+/m0/s1. The van der Waals surface area contributed by atoms with Gasteiger partial charge < -0.3 is 34.4 Å². The van der Waals surface area contributed by atoms with Crippen LogP contribution >= 0.6 is 15.6 Å². The first-order valence-corrected chi connectivity index (χ1v) is 28.0. The molecule has 0 rings (SSSR count). The SMILES string of the molecule is CC/C=C\C/C=C\C/C=C\C/C=C\C=C\C(O)CCCC(=O)OC[C@H](COP(=O)(O)OC[C@@H](O)COP(=O)(O)O)OC(=O)CCCCCCCCCCCCCCCCCCCCC(C)C. The Morgan fingerprint density at radius 3 is 1.48 bits per heavy atom. The summed E-state index contributed by atoms with van der Waals surface area (Å²) in [6, 6.07) is 0. The maximum absolute atomic E-state index is 12.7. The van der Waals surface area contributed by atoms with Crippen molar-refractivity contribution >= 4 is 27.6 Å². The Balaban J connectivity index is 4.56. The van der Waals surface area contributed by atoms with Gasteiger partial charge in [-0.15, -0.1) is 0 Å². The second kappa shape index (κ2) is 44.0. The lowest BCUT2D eigenvalue weighted by molar-refractivity contribution is -0.161. The summed E-state index contributed by atoms with van der Waals surface area (Å²) in [5, 5.41) is 20.1. The molecule has 4 atom stereocenters. The minimum atomic E-state index is -4.89. The van der Waals surface area contributed by atoms with Crippen molar-refractivity contribution < 1.29 is 66.7 Å². The molecular formula is C50H90O14P2. The summed E-state index contributed by atoms with van der Waals surface area (Å²) in [4.78, 5) is 52.9. The predicted molar refractivity (Wildman–Crippen MR) is 263 cm³/mol. The van der Waals surface area contributed by atoms with Gasteiger partial charge in [0.05, 0.1) is 25.9 Å². The topological polar surface area (TPSA) is 216 Å². The molecule has 0 fully saturated rings. The van der Waals surface area contributed by atoms with E-state index in [-0.39, 0.29) is 12.8 Å². The Kier molecular flexibility index (Phi) is 42.5. The fourth-order valence-electron chi connectivity index (χ4n) is 6.68. The van der Waals surface area contributed by atoms with Gasteiger partial charge in [-0.25, -0.2) is 9.13 Å². The molecule has 5 N–H and O–H groups in total. The van der Waals surface area contributed by atoms with Gasteiger partial charge in [0.25, 0.3) is 0 Å². The zero-order chi connectivity index (χ0) is 49.0. The number of phosphoric acid groups is 2. The largest absolute Gasteiger partial charge is 0.472 e. The number of carbonyl (C=O) groups is 2. The minimum Gasteiger partial charge on any atom is -0.462 e. The second-order valence-electron chi connectivity index (χ2n) is 17.4. The van der Waals surface area contributed by atoms with E-state index in [1.165, 1.54) is 89.9 Å². The molecule has 14 nitrogen and oxygen atoms in total. The summed E-state index contributed by atoms with van der Waals surface area (Å²) < 4.78 is 47.8. The van der Waals surface area contributed by atoms with Crippen molar-refractivity contribution in [3.8, 4) is 0 Å². The molecule has 66 heavy (non-hydrogen) atoms. The van der Waals surface area contributed by atoms with Crippen LogP contribution in [0.2, 0.25) is 0 Å². The molecule has 0 aliphatic rings. The lowest BCUT2D eigenvalue weighted by atomic mass is 10.0. The van der Waals surface area contributed by atoms with E-state index in [1.807, 2.05) is 12.2 Å². The van der Waals surface area contributed by atoms with Crippen LogP contribution in [0.1, 0.15) is 194 Å². The second-order valence-corrected chi connectivity index (χ2v) is 20.1. The lowest BCUT2D eigenvalue weighted by Crippen LogP contribution is -2.30. The molecule has 0 aliphatic carbocycles. The number of rotatable bonds is 46. The van der Waals surface area contributed by atoms with Crippen LogP contribution in [0.15, 0.2) is 60.8 Å². The van der Waals surface area contributed by atoms with E-state index in [0.717, 1.165) is 57.3 Å². The zero-order valence-corrected chi connectivity index (χ0v) is 42.6. The summed E-state index contributed by atoms with van der Waals surface area (Å²) in [7, 11) is -9.75. The molecule has 0 aromatic carbocycles. The van der Waals surface area contributed by atoms with Crippen LogP contribution in [-0.2, 0) is 41.8 Å². The fraction of sp³-hybridized carbons (Fsp3) is 0.760. The number of unbranched alkanes of at least 4 members (excludes halogenated alkanes) is 17. The van der Waals surface area contributed by atoms with Gasteiger partial charge in [-0.1, -0.05) is 197 Å². The maximum atomic E-state index is 12.7. The van der Waals surface area contributed by atoms with Gasteiger partial charge in [0, 0.05) is 12.8 Å². The number of hydrogen-bond donors (Lipinski definition) is 5. The third kappa shape index (κ3) is 48.2. The summed E-state index contributed by atoms with van der Waals surface area (Å²) >= 11 is 0. The highest BCUT2D eigenvalue weighted by Gasteiger charge is 2.28. The first-order valence-electron chi connectivity index (χ1n) is 24.9. The Morgan fingerprint density at radius 2 is 0.970 bits per heavy atom. The average molecular weight is 977 g/mol. The zero-order valence-electron chi connectivity index (χ0n) is 40.8. The van der Waals surface area contributed by atoms with Crippen molar-refractivity contribution in [2.24, 2.45) is 5.92 Å². The molecule has 0 aromatic heterocycles. The van der Waals surface area contributed by atoms with E-state index >= 15 is 0 Å². The van der Waals surface area contributed by atoms with Gasteiger partial charge in [0.1, 0.15) is 12.7 Å². The number of carbonyl (C=O) groups excluding carboxylic acids is 2. The Labute approximate surface area is 398 Å². The van der Waals surface area contributed by atoms with Crippen molar-refractivity contribution in [3.63, 3.8) is 0 Å². The molecular weight excluding hydrogens is 886 g/mol. The van der Waals surface area contributed by atoms with Crippen molar-refractivity contribution in [3.05, 3.63) is 60.8 Å². The highest BCUT2D eigenvalue weighted by Crippen LogP contribution is 2.44. The highest BCUT2D eigenvalue weighted by atomic mass is 31.2. The number of ether oxygens (including phenoxy) is 2. The number of hydrogen-bond acceptors (Lipinski definition) is 11. The molecule has 16 heteroatoms. The van der Waals surface area contributed by atoms with Gasteiger partial charge in [0.15, 0.2) is 6.10 Å². The molecule has 0 saturated carbocycles. The van der Waals surface area contributed by atoms with E-state index in [4.69, 9.17) is 23.8 Å². The van der Waals surface area contributed by atoms with Crippen molar-refractivity contribution in [2.75, 3.05) is 26.4 Å². The van der Waals surface area contributed by atoms with Gasteiger partial charge in [-0.3, -0.25) is 23.2 Å². The molecule has 0 aliphatic heterocycles. The summed E-state index contributed by atoms with van der Waals surface area (Å²) in [5.74, 6) is -0.407. The van der Waals surface area contributed by atoms with Crippen molar-refractivity contribution in [2.45, 2.75) is 212 Å². The monoisotopic (exact) mass is 977 g/mol. The number of phosphoric ester groups is 2. The van der Waals surface area contributed by atoms with Crippen molar-refractivity contribution in [1.29, 1.82) is 0 Å². The average Bonchev–Trinajstić information content (AvgIpc) is 3.26. The van der Waals surface area contributed by atoms with Crippen LogP contribution in [0.25, 0.3) is 0 Å². The molecule has 0 radical (unpaired) electrons. The summed E-state index contributed by atoms with van der Waals surface area (Å²) in [6.07, 6.45) is 43.9. The molecule has 0 aromatic rings. The minimum absolute atomic E-state index is 0.0361. The van der Waals surface area contributed by atoms with E-state index < -0.39 is 72.3 Å². The summed E-state index contributed by atoms with van der Waals surface area (Å²) in [6.45, 7) is 3.80. The molecule has 0 bridgehead atoms. The molecule has 0 saturated heterocycles. The first-order chi connectivity index (χ1) is 31.6. The highest BCUT2D eigenvalue weighted by molar-refractivity contribution is 7.47. The third-order valence-corrected chi connectivity index (χ3v) is 11.9. The lowest BCUT2D eigenvalue weighted by Gasteiger charge is -2.20. The molecule has 0 amide bonds. The van der Waals surface area contributed by atoms with E-state index in [2.05, 4.69) is 66.3 Å². The van der Waals surface area contributed by atoms with Gasteiger partial charge in [-0.05, 0) is 50.9 Å². The van der Waals surface area contributed by atoms with Crippen LogP contribution in [-0.4, -0.2) is 81.6 Å². The Morgan fingerprint density at radius 1 is 0.515 bits per heavy atom. The van der Waals surface area contributed by atoms with Gasteiger partial charge in [-0.2, -0.15) is 0 Å². The van der Waals surface area contributed by atoms with E-state index in [0.29, 0.717) is 19.3 Å². The molecule has 384 valence electrons. The Bertz CT molecular complexity index is 1420. The van der Waals surface area contributed by atoms with Crippen LogP contribution in [0.3, 0.4) is 0 Å². The first kappa shape index (κ1) is 63.8. The number of esters is 2. The van der Waals surface area contributed by atoms with E-state index in [1.54, 1.807) is 12.2 Å². The van der Waals surface area contributed by atoms with Crippen LogP contribution in [0, 0.1) is 5.92 Å². The van der Waals surface area contributed by atoms with Gasteiger partial charge in [0.2, 0.25) is 0 Å². The van der Waals surface area contributed by atoms with Crippen molar-refractivity contribution in [1.82, 2.24) is 0 Å². The fourth-order valence-corrected chi connectivity index (χ4v) is 7.84. The van der Waals surface area contributed by atoms with Gasteiger partial charge >= 0.3 is 27.6 Å². The van der Waals surface area contributed by atoms with Crippen LogP contribution in [0.5, 0.6) is 0 Å². The molecule has 2 unspecified atom stereocenters. The molecule has 0 heterocycles. The molecule has 0 spiro atoms. The maximum Gasteiger partial charge on any atom is 0.472 e. The predicted octanol–water partition coefficient (Wildman–Crippen LogP) is 12.4. The van der Waals surface area contributed by atoms with Crippen LogP contribution in [0.4, 0.5) is 0 Å².